The van der Waals surface area contributed by atoms with E-state index in [-0.39, 0.29) is 19.3 Å². The minimum Gasteiger partial charge on any atom is -0.491 e. The number of amides is 1. The van der Waals surface area contributed by atoms with Gasteiger partial charge >= 0.3 is 6.09 Å². The van der Waals surface area contributed by atoms with Crippen molar-refractivity contribution in [2.75, 3.05) is 6.61 Å². The molecule has 0 spiro atoms. The lowest BCUT2D eigenvalue weighted by atomic mass is 9.98. The second kappa shape index (κ2) is 10.8. The SMILES string of the molecule is Cc1[nH]nc2ccc(-c3cc(OC[C@H](Cc4ccccc4)NC(=O)OC(C)(C)C)ccc3CO)cc12. The summed E-state index contributed by atoms with van der Waals surface area (Å²) in [5, 5.41) is 21.2. The molecule has 36 heavy (non-hydrogen) atoms. The maximum absolute atomic E-state index is 12.5. The summed E-state index contributed by atoms with van der Waals surface area (Å²) in [5.41, 5.74) is 5.03. The van der Waals surface area contributed by atoms with Crippen LogP contribution in [0, 0.1) is 6.92 Å². The van der Waals surface area contributed by atoms with Gasteiger partial charge in [0.25, 0.3) is 0 Å². The summed E-state index contributed by atoms with van der Waals surface area (Å²) in [5.74, 6) is 0.648. The van der Waals surface area contributed by atoms with Crippen molar-refractivity contribution in [3.63, 3.8) is 0 Å². The molecule has 7 heteroatoms. The zero-order valence-electron chi connectivity index (χ0n) is 21.2. The smallest absolute Gasteiger partial charge is 0.408 e. The fourth-order valence-corrected chi connectivity index (χ4v) is 4.08. The van der Waals surface area contributed by atoms with Gasteiger partial charge in [-0.2, -0.15) is 5.10 Å². The number of rotatable bonds is 8. The van der Waals surface area contributed by atoms with Gasteiger partial charge in [0.2, 0.25) is 0 Å². The molecule has 0 unspecified atom stereocenters. The van der Waals surface area contributed by atoms with Crippen molar-refractivity contribution in [2.24, 2.45) is 0 Å². The van der Waals surface area contributed by atoms with Gasteiger partial charge in [0.1, 0.15) is 18.0 Å². The first-order valence-electron chi connectivity index (χ1n) is 12.1. The zero-order chi connectivity index (χ0) is 25.7. The monoisotopic (exact) mass is 487 g/mol. The van der Waals surface area contributed by atoms with Gasteiger partial charge in [-0.3, -0.25) is 5.10 Å². The molecule has 0 aliphatic rings. The summed E-state index contributed by atoms with van der Waals surface area (Å²) >= 11 is 0. The lowest BCUT2D eigenvalue weighted by Gasteiger charge is -2.24. The Morgan fingerprint density at radius 1 is 1.08 bits per heavy atom. The third-order valence-electron chi connectivity index (χ3n) is 5.80. The quantitative estimate of drug-likeness (QED) is 0.303. The second-order valence-electron chi connectivity index (χ2n) is 9.90. The van der Waals surface area contributed by atoms with Crippen LogP contribution in [-0.2, 0) is 17.8 Å². The number of aliphatic hydroxyl groups excluding tert-OH is 1. The van der Waals surface area contributed by atoms with Crippen LogP contribution in [0.25, 0.3) is 22.0 Å². The number of aryl methyl sites for hydroxylation is 1. The number of hydrogen-bond acceptors (Lipinski definition) is 5. The van der Waals surface area contributed by atoms with Gasteiger partial charge in [-0.1, -0.05) is 42.5 Å². The van der Waals surface area contributed by atoms with Crippen molar-refractivity contribution in [1.82, 2.24) is 15.5 Å². The summed E-state index contributed by atoms with van der Waals surface area (Å²) in [7, 11) is 0. The fourth-order valence-electron chi connectivity index (χ4n) is 4.08. The number of H-pyrrole nitrogens is 1. The molecule has 7 nitrogen and oxygen atoms in total. The first kappa shape index (κ1) is 25.3. The normalized spacial score (nSPS) is 12.4. The maximum Gasteiger partial charge on any atom is 0.408 e. The molecule has 1 amide bonds. The van der Waals surface area contributed by atoms with Crippen LogP contribution in [0.1, 0.15) is 37.6 Å². The minimum absolute atomic E-state index is 0.0884. The van der Waals surface area contributed by atoms with Crippen LogP contribution in [0.2, 0.25) is 0 Å². The number of fused-ring (bicyclic) bond motifs is 1. The number of aromatic amines is 1. The number of nitrogens with one attached hydrogen (secondary N) is 2. The van der Waals surface area contributed by atoms with E-state index in [1.165, 1.54) is 0 Å². The van der Waals surface area contributed by atoms with Crippen molar-refractivity contribution < 1.29 is 19.4 Å². The number of benzene rings is 3. The Labute approximate surface area is 211 Å². The summed E-state index contributed by atoms with van der Waals surface area (Å²) in [6.07, 6.45) is 0.116. The predicted octanol–water partition coefficient (Wildman–Crippen LogP) is 5.55. The van der Waals surface area contributed by atoms with Gasteiger partial charge in [-0.25, -0.2) is 4.79 Å². The lowest BCUT2D eigenvalue weighted by Crippen LogP contribution is -2.43. The molecule has 4 rings (SSSR count). The Bertz CT molecular complexity index is 1330. The standard InChI is InChI=1S/C29H33N3O4/c1-19-25-15-21(11-13-27(25)32-31-19)26-16-24(12-10-22(26)17-33)35-18-23(14-20-8-6-5-7-9-20)30-28(34)36-29(2,3)4/h5-13,15-16,23,33H,14,17-18H2,1-4H3,(H,30,34)(H,31,32)/t23-/m0/s1. The molecule has 0 saturated heterocycles. The van der Waals surface area contributed by atoms with E-state index in [2.05, 4.69) is 21.6 Å². The second-order valence-corrected chi connectivity index (χ2v) is 9.90. The minimum atomic E-state index is -0.592. The number of carbonyl (C=O) groups excluding carboxylic acids is 1. The molecule has 0 aliphatic heterocycles. The van der Waals surface area contributed by atoms with Gasteiger partial charge < -0.3 is 19.9 Å². The lowest BCUT2D eigenvalue weighted by molar-refractivity contribution is 0.0487. The Morgan fingerprint density at radius 2 is 1.86 bits per heavy atom. The van der Waals surface area contributed by atoms with Crippen molar-refractivity contribution in [1.29, 1.82) is 0 Å². The van der Waals surface area contributed by atoms with E-state index in [1.54, 1.807) is 0 Å². The van der Waals surface area contributed by atoms with Gasteiger partial charge in [0.15, 0.2) is 0 Å². The summed E-state index contributed by atoms with van der Waals surface area (Å²) in [6.45, 7) is 7.66. The van der Waals surface area contributed by atoms with Crippen LogP contribution in [-0.4, -0.2) is 39.6 Å². The number of ether oxygens (including phenoxy) is 2. The Kier molecular flexibility index (Phi) is 7.60. The average molecular weight is 488 g/mol. The van der Waals surface area contributed by atoms with E-state index in [1.807, 2.05) is 88.4 Å². The summed E-state index contributed by atoms with van der Waals surface area (Å²) < 4.78 is 11.6. The van der Waals surface area contributed by atoms with Crippen LogP contribution in [0.15, 0.2) is 66.7 Å². The number of aliphatic hydroxyl groups is 1. The molecule has 0 bridgehead atoms. The van der Waals surface area contributed by atoms with Crippen LogP contribution >= 0.6 is 0 Å². The molecule has 0 fully saturated rings. The summed E-state index contributed by atoms with van der Waals surface area (Å²) in [4.78, 5) is 12.5. The van der Waals surface area contributed by atoms with E-state index in [0.29, 0.717) is 12.2 Å². The third kappa shape index (κ3) is 6.43. The van der Waals surface area contributed by atoms with Crippen LogP contribution < -0.4 is 10.1 Å². The molecule has 1 atom stereocenters. The van der Waals surface area contributed by atoms with E-state index < -0.39 is 11.7 Å². The van der Waals surface area contributed by atoms with Crippen molar-refractivity contribution in [3.05, 3.63) is 83.6 Å². The number of hydrogen-bond donors (Lipinski definition) is 3. The Morgan fingerprint density at radius 3 is 2.58 bits per heavy atom. The third-order valence-corrected chi connectivity index (χ3v) is 5.80. The molecule has 0 radical (unpaired) electrons. The van der Waals surface area contributed by atoms with E-state index in [4.69, 9.17) is 9.47 Å². The van der Waals surface area contributed by atoms with Crippen LogP contribution in [0.3, 0.4) is 0 Å². The molecule has 4 aromatic rings. The van der Waals surface area contributed by atoms with Gasteiger partial charge in [-0.05, 0) is 80.6 Å². The highest BCUT2D eigenvalue weighted by molar-refractivity contribution is 5.87. The predicted molar refractivity (Wildman–Crippen MR) is 141 cm³/mol. The maximum atomic E-state index is 12.5. The van der Waals surface area contributed by atoms with Crippen molar-refractivity contribution >= 4 is 17.0 Å². The first-order valence-corrected chi connectivity index (χ1v) is 12.1. The Balaban J connectivity index is 1.55. The summed E-state index contributed by atoms with van der Waals surface area (Å²) in [6, 6.07) is 21.3. The van der Waals surface area contributed by atoms with Crippen LogP contribution in [0.5, 0.6) is 5.75 Å². The fraction of sp³-hybridized carbons (Fsp3) is 0.310. The number of alkyl carbamates (subject to hydrolysis) is 1. The first-order chi connectivity index (χ1) is 17.2. The van der Waals surface area contributed by atoms with Gasteiger partial charge in [0.05, 0.1) is 18.2 Å². The highest BCUT2D eigenvalue weighted by atomic mass is 16.6. The molecular formula is C29H33N3O4. The van der Waals surface area contributed by atoms with Crippen molar-refractivity contribution in [3.8, 4) is 16.9 Å². The van der Waals surface area contributed by atoms with E-state index in [9.17, 15) is 9.90 Å². The topological polar surface area (TPSA) is 96.5 Å². The van der Waals surface area contributed by atoms with Gasteiger partial charge in [-0.15, -0.1) is 0 Å². The van der Waals surface area contributed by atoms with Crippen LogP contribution in [0.4, 0.5) is 4.79 Å². The molecule has 1 aromatic heterocycles. The molecule has 188 valence electrons. The molecule has 3 N–H and O–H groups in total. The molecule has 0 aliphatic carbocycles. The Hall–Kier alpha value is -3.84. The molecule has 1 heterocycles. The average Bonchev–Trinajstić information content (AvgIpc) is 3.22. The van der Waals surface area contributed by atoms with Crippen molar-refractivity contribution in [2.45, 2.75) is 52.4 Å². The molecular weight excluding hydrogens is 454 g/mol. The van der Waals surface area contributed by atoms with Gasteiger partial charge in [0, 0.05) is 11.1 Å². The largest absolute Gasteiger partial charge is 0.491 e. The van der Waals surface area contributed by atoms with E-state index >= 15 is 0 Å². The zero-order valence-corrected chi connectivity index (χ0v) is 21.2. The number of carbonyl (C=O) groups is 1. The number of aromatic nitrogens is 2. The highest BCUT2D eigenvalue weighted by Gasteiger charge is 2.21. The molecule has 3 aromatic carbocycles. The van der Waals surface area contributed by atoms with E-state index in [0.717, 1.165) is 38.9 Å². The number of nitrogens with zero attached hydrogens (tertiary/aromatic N) is 1. The molecule has 0 saturated carbocycles. The highest BCUT2D eigenvalue weighted by Crippen LogP contribution is 2.31.